The summed E-state index contributed by atoms with van der Waals surface area (Å²) in [7, 11) is 0. The third-order valence-corrected chi connectivity index (χ3v) is 7.07. The number of amides is 1. The van der Waals surface area contributed by atoms with Crippen molar-refractivity contribution in [3.63, 3.8) is 0 Å². The highest BCUT2D eigenvalue weighted by molar-refractivity contribution is 6.42. The third-order valence-electron chi connectivity index (χ3n) is 6.35. The molecule has 3 aliphatic rings. The van der Waals surface area contributed by atoms with Gasteiger partial charge in [0.15, 0.2) is 11.5 Å². The number of benzene rings is 2. The third kappa shape index (κ3) is 5.12. The van der Waals surface area contributed by atoms with E-state index in [1.807, 2.05) is 46.6 Å². The Hall–Kier alpha value is -2.88. The first-order valence-electron chi connectivity index (χ1n) is 11.7. The second kappa shape index (κ2) is 10.1. The van der Waals surface area contributed by atoms with Crippen molar-refractivity contribution >= 4 is 35.2 Å². The van der Waals surface area contributed by atoms with E-state index in [1.54, 1.807) is 0 Å². The van der Waals surface area contributed by atoms with Crippen molar-refractivity contribution in [2.45, 2.75) is 31.3 Å². The molecule has 0 atom stereocenters. The number of nitrogens with zero attached hydrogens (tertiary/aromatic N) is 1. The molecule has 0 unspecified atom stereocenters. The molecule has 1 saturated heterocycles. The molecule has 1 N–H and O–H groups in total. The number of carbonyl (C=O) groups excluding carboxylic acids is 1. The molecule has 0 radical (unpaired) electrons. The van der Waals surface area contributed by atoms with Crippen LogP contribution in [-0.4, -0.2) is 49.2 Å². The molecule has 0 bridgehead atoms. The van der Waals surface area contributed by atoms with E-state index >= 15 is 0 Å². The number of nitrogens with one attached hydrogen (secondary N) is 1. The van der Waals surface area contributed by atoms with Crippen LogP contribution in [0.25, 0.3) is 6.08 Å². The number of halogens is 5. The number of hydrogen-bond acceptors (Lipinski definition) is 5. The normalized spacial score (nSPS) is 20.4. The molecular weight excluding hydrogens is 532 g/mol. The van der Waals surface area contributed by atoms with E-state index in [1.165, 1.54) is 0 Å². The number of carbonyl (C=O) groups is 1. The van der Waals surface area contributed by atoms with Gasteiger partial charge in [-0.05, 0) is 36.5 Å². The van der Waals surface area contributed by atoms with Gasteiger partial charge in [-0.1, -0.05) is 53.5 Å². The molecule has 37 heavy (non-hydrogen) atoms. The molecule has 1 aliphatic carbocycles. The van der Waals surface area contributed by atoms with E-state index in [0.29, 0.717) is 51.3 Å². The topological polar surface area (TPSA) is 60.0 Å². The van der Waals surface area contributed by atoms with Crippen molar-refractivity contribution in [2.24, 2.45) is 0 Å². The summed E-state index contributed by atoms with van der Waals surface area (Å²) in [4.78, 5) is 15.6. The zero-order valence-electron chi connectivity index (χ0n) is 19.5. The molecule has 1 fully saturated rings. The minimum absolute atomic E-state index is 0.00592. The van der Waals surface area contributed by atoms with Crippen LogP contribution in [0.3, 0.4) is 0 Å². The van der Waals surface area contributed by atoms with Crippen molar-refractivity contribution in [3.8, 4) is 11.5 Å². The zero-order valence-corrected chi connectivity index (χ0v) is 21.1. The molecule has 2 aromatic rings. The lowest BCUT2D eigenvalue weighted by Gasteiger charge is -2.37. The number of ether oxygens (including phenoxy) is 3. The van der Waals surface area contributed by atoms with E-state index in [0.717, 1.165) is 23.3 Å². The average Bonchev–Trinajstić information content (AvgIpc) is 3.23. The summed E-state index contributed by atoms with van der Waals surface area (Å²) in [5, 5.41) is 1.99. The van der Waals surface area contributed by atoms with Gasteiger partial charge in [0.1, 0.15) is 0 Å². The van der Waals surface area contributed by atoms with Crippen LogP contribution < -0.4 is 14.8 Å². The Balaban J connectivity index is 1.53. The average molecular weight is 555 g/mol. The maximum Gasteiger partial charge on any atom is 0.492 e. The number of alkyl halides is 3. The van der Waals surface area contributed by atoms with Crippen LogP contribution in [0, 0.1) is 0 Å². The number of allylic oxidation sites excluding steroid dienone is 1. The van der Waals surface area contributed by atoms with Crippen LogP contribution in [0.1, 0.15) is 24.8 Å². The summed E-state index contributed by atoms with van der Waals surface area (Å²) < 4.78 is 58.8. The molecule has 0 aromatic heterocycles. The van der Waals surface area contributed by atoms with Gasteiger partial charge in [0.2, 0.25) is 0 Å². The fourth-order valence-electron chi connectivity index (χ4n) is 4.64. The minimum atomic E-state index is -5.11. The Morgan fingerprint density at radius 1 is 1.00 bits per heavy atom. The summed E-state index contributed by atoms with van der Waals surface area (Å²) >= 11 is 11.9. The lowest BCUT2D eigenvalue weighted by Crippen LogP contribution is -2.65. The molecular formula is C26H23Cl2F3N2O4. The van der Waals surface area contributed by atoms with Crippen molar-refractivity contribution < 1.29 is 32.2 Å². The standard InChI is InChI=1S/C26H23Cl2F3N2O4/c27-19-14-21-22(15-20(19)28)37-26(36-21,25(29,30)31)32-24(34)18-8-4-7-17(13-16-5-2-1-3-6-16)23(18)33-9-11-35-12-10-33/h1-3,5-6,13-15H,4,7-12H2,(H,32,34)/b17-13+. The Morgan fingerprint density at radius 2 is 1.62 bits per heavy atom. The maximum absolute atomic E-state index is 14.3. The minimum Gasteiger partial charge on any atom is -0.424 e. The predicted molar refractivity (Wildman–Crippen MR) is 132 cm³/mol. The van der Waals surface area contributed by atoms with E-state index < -0.39 is 18.0 Å². The highest BCUT2D eigenvalue weighted by Crippen LogP contribution is 2.48. The van der Waals surface area contributed by atoms with Gasteiger partial charge in [-0.2, -0.15) is 13.2 Å². The Bertz CT molecular complexity index is 1230. The molecule has 0 spiro atoms. The fraction of sp³-hybridized carbons (Fsp3) is 0.346. The summed E-state index contributed by atoms with van der Waals surface area (Å²) in [5.74, 6) is -4.91. The highest BCUT2D eigenvalue weighted by atomic mass is 35.5. The summed E-state index contributed by atoms with van der Waals surface area (Å²) in [6.07, 6.45) is -1.57. The van der Waals surface area contributed by atoms with Gasteiger partial charge in [-0.25, -0.2) is 0 Å². The Labute approximate surface area is 221 Å². The summed E-state index contributed by atoms with van der Waals surface area (Å²) in [6, 6.07) is 11.8. The highest BCUT2D eigenvalue weighted by Gasteiger charge is 2.66. The monoisotopic (exact) mass is 554 g/mol. The summed E-state index contributed by atoms with van der Waals surface area (Å²) in [5.41, 5.74) is 2.66. The second-order valence-electron chi connectivity index (χ2n) is 8.85. The van der Waals surface area contributed by atoms with Crippen LogP contribution in [0.15, 0.2) is 59.3 Å². The van der Waals surface area contributed by atoms with Crippen LogP contribution in [0.2, 0.25) is 10.0 Å². The fourth-order valence-corrected chi connectivity index (χ4v) is 4.95. The van der Waals surface area contributed by atoms with E-state index in [-0.39, 0.29) is 27.1 Å². The van der Waals surface area contributed by atoms with Crippen LogP contribution in [0.4, 0.5) is 13.2 Å². The zero-order chi connectivity index (χ0) is 26.2. The molecule has 2 aromatic carbocycles. The molecule has 0 saturated carbocycles. The smallest absolute Gasteiger partial charge is 0.424 e. The molecule has 6 nitrogen and oxygen atoms in total. The molecule has 1 amide bonds. The Morgan fingerprint density at radius 3 is 2.22 bits per heavy atom. The molecule has 5 rings (SSSR count). The predicted octanol–water partition coefficient (Wildman–Crippen LogP) is 5.95. The lowest BCUT2D eigenvalue weighted by molar-refractivity contribution is -0.319. The van der Waals surface area contributed by atoms with Crippen LogP contribution in [-0.2, 0) is 9.53 Å². The first-order chi connectivity index (χ1) is 17.7. The number of rotatable bonds is 4. The van der Waals surface area contributed by atoms with E-state index in [2.05, 4.69) is 0 Å². The largest absolute Gasteiger partial charge is 0.492 e. The van der Waals surface area contributed by atoms with Gasteiger partial charge < -0.3 is 19.1 Å². The number of fused-ring (bicyclic) bond motifs is 1. The summed E-state index contributed by atoms with van der Waals surface area (Å²) in [6.45, 7) is 1.93. The maximum atomic E-state index is 14.3. The molecule has 2 aliphatic heterocycles. The number of morpholine rings is 1. The molecule has 2 heterocycles. The quantitative estimate of drug-likeness (QED) is 0.506. The number of hydrogen-bond donors (Lipinski definition) is 1. The van der Waals surface area contributed by atoms with Gasteiger partial charge in [-0.3, -0.25) is 10.1 Å². The van der Waals surface area contributed by atoms with E-state index in [9.17, 15) is 18.0 Å². The SMILES string of the molecule is O=C(NC1(C(F)(F)F)Oc2cc(Cl)c(Cl)cc2O1)C1=C(N2CCOCC2)/C(=C/c2ccccc2)CCC1. The molecule has 196 valence electrons. The van der Waals surface area contributed by atoms with Crippen molar-refractivity contribution in [3.05, 3.63) is 74.9 Å². The van der Waals surface area contributed by atoms with Crippen molar-refractivity contribution in [1.82, 2.24) is 10.2 Å². The van der Waals surface area contributed by atoms with Gasteiger partial charge >= 0.3 is 12.1 Å². The van der Waals surface area contributed by atoms with Gasteiger partial charge in [0.05, 0.1) is 23.3 Å². The molecule has 11 heteroatoms. The second-order valence-corrected chi connectivity index (χ2v) is 9.66. The first kappa shape index (κ1) is 25.8. The Kier molecular flexibility index (Phi) is 7.04. The van der Waals surface area contributed by atoms with Gasteiger partial charge in [0, 0.05) is 36.5 Å². The first-order valence-corrected chi connectivity index (χ1v) is 12.5. The van der Waals surface area contributed by atoms with Crippen LogP contribution in [0.5, 0.6) is 11.5 Å². The van der Waals surface area contributed by atoms with Gasteiger partial charge in [-0.15, -0.1) is 0 Å². The van der Waals surface area contributed by atoms with Crippen molar-refractivity contribution in [2.75, 3.05) is 26.3 Å². The lowest BCUT2D eigenvalue weighted by atomic mass is 9.88. The van der Waals surface area contributed by atoms with Gasteiger partial charge in [0.25, 0.3) is 5.91 Å². The van der Waals surface area contributed by atoms with Crippen molar-refractivity contribution in [1.29, 1.82) is 0 Å². The van der Waals surface area contributed by atoms with E-state index in [4.69, 9.17) is 37.4 Å². The van der Waals surface area contributed by atoms with Crippen LogP contribution >= 0.6 is 23.2 Å².